The lowest BCUT2D eigenvalue weighted by Gasteiger charge is -2.03. The summed E-state index contributed by atoms with van der Waals surface area (Å²) < 4.78 is 0. The SMILES string of the molecule is C=CNC.CC.Cc1cc(C)c(N)cc1C.O=Cc1ccc2[nH][nH]c2c1. The van der Waals surface area contributed by atoms with Gasteiger partial charge in [0.2, 0.25) is 0 Å². The molecule has 0 unspecified atom stereocenters. The second-order valence-electron chi connectivity index (χ2n) is 5.46. The molecule has 1 aromatic heterocycles. The first-order valence-corrected chi connectivity index (χ1v) is 8.65. The van der Waals surface area contributed by atoms with Crippen molar-refractivity contribution >= 4 is 23.0 Å². The van der Waals surface area contributed by atoms with Crippen molar-refractivity contribution in [3.63, 3.8) is 0 Å². The van der Waals surface area contributed by atoms with Gasteiger partial charge in [0, 0.05) is 18.3 Å². The summed E-state index contributed by atoms with van der Waals surface area (Å²) in [5.74, 6) is 0. The summed E-state index contributed by atoms with van der Waals surface area (Å²) in [5.41, 5.74) is 13.1. The third-order valence-electron chi connectivity index (χ3n) is 3.60. The molecule has 3 aromatic rings. The van der Waals surface area contributed by atoms with E-state index in [2.05, 4.69) is 42.0 Å². The van der Waals surface area contributed by atoms with Crippen molar-refractivity contribution < 1.29 is 4.79 Å². The van der Waals surface area contributed by atoms with Crippen LogP contribution in [0.1, 0.15) is 40.9 Å². The molecule has 1 heterocycles. The molecule has 2 aromatic carbocycles. The van der Waals surface area contributed by atoms with E-state index in [-0.39, 0.29) is 0 Å². The predicted molar refractivity (Wildman–Crippen MR) is 114 cm³/mol. The quantitative estimate of drug-likeness (QED) is 0.390. The maximum absolute atomic E-state index is 10.2. The Bertz CT molecular complexity index is 749. The number of H-pyrrole nitrogens is 2. The zero-order valence-electron chi connectivity index (χ0n) is 16.7. The Morgan fingerprint density at radius 3 is 1.88 bits per heavy atom. The molecule has 0 saturated carbocycles. The van der Waals surface area contributed by atoms with Crippen molar-refractivity contribution in [3.8, 4) is 0 Å². The summed E-state index contributed by atoms with van der Waals surface area (Å²) in [6.07, 6.45) is 2.46. The van der Waals surface area contributed by atoms with E-state index >= 15 is 0 Å². The molecule has 5 heteroatoms. The third kappa shape index (κ3) is 7.30. The summed E-state index contributed by atoms with van der Waals surface area (Å²) >= 11 is 0. The van der Waals surface area contributed by atoms with Gasteiger partial charge in [-0.05, 0) is 67.9 Å². The predicted octanol–water partition coefficient (Wildman–Crippen LogP) is 4.88. The van der Waals surface area contributed by atoms with Gasteiger partial charge in [-0.25, -0.2) is 0 Å². The molecular formula is C21H32N4O. The van der Waals surface area contributed by atoms with Crippen molar-refractivity contribution in [2.24, 2.45) is 0 Å². The number of aryl methyl sites for hydroxylation is 3. The molecule has 0 spiro atoms. The number of nitrogens with one attached hydrogen (secondary N) is 3. The lowest BCUT2D eigenvalue weighted by Crippen LogP contribution is -1.91. The number of nitrogen functional groups attached to an aromatic ring is 1. The first-order chi connectivity index (χ1) is 12.4. The molecule has 5 N–H and O–H groups in total. The number of hydrogen-bond donors (Lipinski definition) is 4. The number of benzene rings is 2. The van der Waals surface area contributed by atoms with Gasteiger partial charge in [-0.15, -0.1) is 0 Å². The highest BCUT2D eigenvalue weighted by atomic mass is 16.1. The standard InChI is InChI=1S/C9H13N.C7H6N2O.C3H7N.C2H6/c1-6-4-8(3)9(10)5-7(6)2;10-4-5-1-2-6-7(3-5)9-8-6;1-3-4-2;1-2/h4-5H,10H2,1-3H3;1-4,8-9H;3-4H,1H2,2H3;1-2H3. The van der Waals surface area contributed by atoms with E-state index in [1.54, 1.807) is 18.3 Å². The van der Waals surface area contributed by atoms with Crippen LogP contribution in [-0.2, 0) is 0 Å². The average Bonchev–Trinajstić information content (AvgIpc) is 2.64. The fourth-order valence-corrected chi connectivity index (χ4v) is 1.90. The van der Waals surface area contributed by atoms with Crippen LogP contribution in [0.3, 0.4) is 0 Å². The smallest absolute Gasteiger partial charge is 0.150 e. The van der Waals surface area contributed by atoms with Gasteiger partial charge in [-0.2, -0.15) is 0 Å². The van der Waals surface area contributed by atoms with E-state index in [0.717, 1.165) is 23.0 Å². The minimum atomic E-state index is 0.702. The summed E-state index contributed by atoms with van der Waals surface area (Å²) in [7, 11) is 1.81. The Kier molecular flexibility index (Phi) is 11.0. The number of carbonyl (C=O) groups is 1. The van der Waals surface area contributed by atoms with Crippen LogP contribution in [-0.4, -0.2) is 23.5 Å². The first-order valence-electron chi connectivity index (χ1n) is 8.65. The summed E-state index contributed by atoms with van der Waals surface area (Å²) in [4.78, 5) is 10.2. The minimum Gasteiger partial charge on any atom is -0.399 e. The summed E-state index contributed by atoms with van der Waals surface area (Å²) in [5, 5.41) is 8.42. The number of carbonyl (C=O) groups excluding carboxylic acids is 1. The number of rotatable bonds is 2. The Morgan fingerprint density at radius 1 is 0.962 bits per heavy atom. The van der Waals surface area contributed by atoms with E-state index < -0.39 is 0 Å². The fraction of sp³-hybridized carbons (Fsp3) is 0.286. The molecule has 3 rings (SSSR count). The molecule has 0 saturated heterocycles. The number of anilines is 1. The van der Waals surface area contributed by atoms with Crippen LogP contribution in [0.4, 0.5) is 5.69 Å². The van der Waals surface area contributed by atoms with Crippen LogP contribution in [0.25, 0.3) is 11.0 Å². The Labute approximate surface area is 156 Å². The van der Waals surface area contributed by atoms with Crippen molar-refractivity contribution in [3.05, 3.63) is 65.4 Å². The molecule has 142 valence electrons. The number of aromatic amines is 2. The van der Waals surface area contributed by atoms with Gasteiger partial charge >= 0.3 is 0 Å². The zero-order valence-corrected chi connectivity index (χ0v) is 16.7. The number of aromatic nitrogens is 2. The molecule has 0 fully saturated rings. The first kappa shape index (κ1) is 23.1. The van der Waals surface area contributed by atoms with Gasteiger partial charge in [0.15, 0.2) is 0 Å². The number of fused-ring (bicyclic) bond motifs is 1. The molecule has 0 bridgehead atoms. The second-order valence-corrected chi connectivity index (χ2v) is 5.46. The van der Waals surface area contributed by atoms with E-state index in [1.165, 1.54) is 16.7 Å². The van der Waals surface area contributed by atoms with Crippen LogP contribution in [0.2, 0.25) is 0 Å². The van der Waals surface area contributed by atoms with Crippen LogP contribution in [0.15, 0.2) is 43.1 Å². The maximum Gasteiger partial charge on any atom is 0.150 e. The molecule has 0 aliphatic rings. The van der Waals surface area contributed by atoms with E-state index in [0.29, 0.717) is 5.56 Å². The highest BCUT2D eigenvalue weighted by molar-refractivity contribution is 5.85. The van der Waals surface area contributed by atoms with Crippen molar-refractivity contribution in [2.75, 3.05) is 12.8 Å². The molecule has 0 radical (unpaired) electrons. The minimum absolute atomic E-state index is 0.702. The molecule has 0 atom stereocenters. The number of nitrogens with two attached hydrogens (primary N) is 1. The number of hydrogen-bond acceptors (Lipinski definition) is 3. The molecule has 0 aliphatic heterocycles. The van der Waals surface area contributed by atoms with Crippen molar-refractivity contribution in [1.29, 1.82) is 0 Å². The van der Waals surface area contributed by atoms with E-state index in [9.17, 15) is 4.79 Å². The van der Waals surface area contributed by atoms with Gasteiger partial charge in [0.05, 0.1) is 11.0 Å². The fourth-order valence-electron chi connectivity index (χ4n) is 1.90. The molecule has 5 nitrogen and oxygen atoms in total. The van der Waals surface area contributed by atoms with Crippen LogP contribution >= 0.6 is 0 Å². The molecule has 0 aliphatic carbocycles. The van der Waals surface area contributed by atoms with Gasteiger partial charge in [-0.3, -0.25) is 15.0 Å². The maximum atomic E-state index is 10.2. The van der Waals surface area contributed by atoms with Crippen molar-refractivity contribution in [2.45, 2.75) is 34.6 Å². The monoisotopic (exact) mass is 356 g/mol. The highest BCUT2D eigenvalue weighted by Gasteiger charge is 1.97. The van der Waals surface area contributed by atoms with Crippen LogP contribution < -0.4 is 11.1 Å². The second kappa shape index (κ2) is 12.4. The Hall–Kier alpha value is -2.95. The Morgan fingerprint density at radius 2 is 1.50 bits per heavy atom. The molecule has 26 heavy (non-hydrogen) atoms. The topological polar surface area (TPSA) is 86.7 Å². The van der Waals surface area contributed by atoms with Crippen molar-refractivity contribution in [1.82, 2.24) is 15.5 Å². The largest absolute Gasteiger partial charge is 0.399 e. The normalized spacial score (nSPS) is 8.85. The summed E-state index contributed by atoms with van der Waals surface area (Å²) in [6, 6.07) is 9.59. The van der Waals surface area contributed by atoms with Gasteiger partial charge in [-0.1, -0.05) is 26.5 Å². The van der Waals surface area contributed by atoms with Gasteiger partial charge < -0.3 is 11.1 Å². The van der Waals surface area contributed by atoms with Crippen LogP contribution in [0.5, 0.6) is 0 Å². The lowest BCUT2D eigenvalue weighted by molar-refractivity contribution is 0.112. The summed E-state index contributed by atoms with van der Waals surface area (Å²) in [6.45, 7) is 13.6. The van der Waals surface area contributed by atoms with Gasteiger partial charge in [0.25, 0.3) is 0 Å². The molecular weight excluding hydrogens is 324 g/mol. The van der Waals surface area contributed by atoms with E-state index in [4.69, 9.17) is 5.73 Å². The van der Waals surface area contributed by atoms with Gasteiger partial charge in [0.1, 0.15) is 6.29 Å². The highest BCUT2D eigenvalue weighted by Crippen LogP contribution is 2.16. The average molecular weight is 357 g/mol. The third-order valence-corrected chi connectivity index (χ3v) is 3.60. The van der Waals surface area contributed by atoms with Crippen LogP contribution in [0, 0.1) is 20.8 Å². The zero-order chi connectivity index (χ0) is 20.1. The number of aldehydes is 1. The lowest BCUT2D eigenvalue weighted by atomic mass is 10.1. The van der Waals surface area contributed by atoms with E-state index in [1.807, 2.05) is 40.0 Å². The molecule has 0 amide bonds. The Balaban J connectivity index is 0.000000373.